The highest BCUT2D eigenvalue weighted by atomic mass is 19.4. The highest BCUT2D eigenvalue weighted by Crippen LogP contribution is 2.22. The van der Waals surface area contributed by atoms with Crippen LogP contribution in [0.15, 0.2) is 18.3 Å². The van der Waals surface area contributed by atoms with Gasteiger partial charge < -0.3 is 14.8 Å². The number of halogens is 3. The van der Waals surface area contributed by atoms with Crippen LogP contribution in [0.5, 0.6) is 5.75 Å². The fourth-order valence-electron chi connectivity index (χ4n) is 2.66. The Morgan fingerprint density at radius 1 is 1.30 bits per heavy atom. The van der Waals surface area contributed by atoms with E-state index < -0.39 is 6.36 Å². The molecule has 1 aromatic heterocycles. The molecule has 2 unspecified atom stereocenters. The van der Waals surface area contributed by atoms with Gasteiger partial charge in [-0.15, -0.1) is 13.2 Å². The topological polar surface area (TPSA) is 46.6 Å². The van der Waals surface area contributed by atoms with Crippen molar-refractivity contribution in [2.45, 2.75) is 38.8 Å². The molecule has 8 heteroatoms. The lowest BCUT2D eigenvalue weighted by molar-refractivity contribution is -0.274. The number of nitrogens with one attached hydrogen (secondary N) is 1. The predicted molar refractivity (Wildman–Crippen MR) is 80.5 cm³/mol. The van der Waals surface area contributed by atoms with Crippen LogP contribution >= 0.6 is 0 Å². The maximum Gasteiger partial charge on any atom is 0.573 e. The van der Waals surface area contributed by atoms with Crippen LogP contribution in [0.1, 0.15) is 20.3 Å². The smallest absolute Gasteiger partial charge is 0.404 e. The monoisotopic (exact) mass is 333 g/mol. The number of nitrogens with zero attached hydrogens (tertiary/aromatic N) is 2. The molecule has 0 saturated carbocycles. The number of ether oxygens (including phenoxy) is 2. The highest BCUT2D eigenvalue weighted by Gasteiger charge is 2.31. The van der Waals surface area contributed by atoms with Gasteiger partial charge in [-0.1, -0.05) is 0 Å². The van der Waals surface area contributed by atoms with Crippen molar-refractivity contribution in [3.63, 3.8) is 0 Å². The molecule has 2 atom stereocenters. The molecular weight excluding hydrogens is 311 g/mol. The van der Waals surface area contributed by atoms with Gasteiger partial charge in [0.2, 0.25) is 0 Å². The number of hydrogen-bond donors (Lipinski definition) is 1. The third-order valence-electron chi connectivity index (χ3n) is 3.42. The van der Waals surface area contributed by atoms with E-state index in [4.69, 9.17) is 4.74 Å². The van der Waals surface area contributed by atoms with Gasteiger partial charge in [0.25, 0.3) is 0 Å². The lowest BCUT2D eigenvalue weighted by Gasteiger charge is -2.35. The summed E-state index contributed by atoms with van der Waals surface area (Å²) in [6, 6.07) is 2.72. The SMILES string of the molecule is CC1CN(CCCNc2ccc(OC(F)(F)F)cn2)CC(C)O1. The summed E-state index contributed by atoms with van der Waals surface area (Å²) >= 11 is 0. The lowest BCUT2D eigenvalue weighted by atomic mass is 10.2. The van der Waals surface area contributed by atoms with E-state index in [1.807, 2.05) is 0 Å². The second-order valence-electron chi connectivity index (χ2n) is 5.72. The van der Waals surface area contributed by atoms with Crippen molar-refractivity contribution in [3.05, 3.63) is 18.3 Å². The molecule has 5 nitrogen and oxygen atoms in total. The van der Waals surface area contributed by atoms with Crippen molar-refractivity contribution in [3.8, 4) is 5.75 Å². The van der Waals surface area contributed by atoms with Gasteiger partial charge in [-0.05, 0) is 32.4 Å². The molecule has 1 aliphatic rings. The summed E-state index contributed by atoms with van der Waals surface area (Å²) in [6.45, 7) is 7.62. The quantitative estimate of drug-likeness (QED) is 0.811. The van der Waals surface area contributed by atoms with Crippen LogP contribution in [0.3, 0.4) is 0 Å². The van der Waals surface area contributed by atoms with Crippen molar-refractivity contribution in [1.82, 2.24) is 9.88 Å². The first-order valence-corrected chi connectivity index (χ1v) is 7.65. The first kappa shape index (κ1) is 17.8. The first-order chi connectivity index (χ1) is 10.8. The van der Waals surface area contributed by atoms with Gasteiger partial charge in [0.05, 0.1) is 18.4 Å². The van der Waals surface area contributed by atoms with E-state index in [2.05, 4.69) is 33.8 Å². The van der Waals surface area contributed by atoms with Crippen LogP contribution in [0.25, 0.3) is 0 Å². The van der Waals surface area contributed by atoms with Crippen molar-refractivity contribution in [1.29, 1.82) is 0 Å². The van der Waals surface area contributed by atoms with E-state index in [1.165, 1.54) is 12.1 Å². The summed E-state index contributed by atoms with van der Waals surface area (Å²) in [5.41, 5.74) is 0. The molecule has 1 aromatic rings. The van der Waals surface area contributed by atoms with Gasteiger partial charge in [-0.25, -0.2) is 4.98 Å². The van der Waals surface area contributed by atoms with Crippen molar-refractivity contribution >= 4 is 5.82 Å². The fraction of sp³-hybridized carbons (Fsp3) is 0.667. The van der Waals surface area contributed by atoms with Crippen LogP contribution in [0, 0.1) is 0 Å². The molecule has 1 fully saturated rings. The highest BCUT2D eigenvalue weighted by molar-refractivity contribution is 5.37. The molecule has 0 amide bonds. The Kier molecular flexibility index (Phi) is 6.06. The van der Waals surface area contributed by atoms with Crippen LogP contribution in [0.4, 0.5) is 19.0 Å². The standard InChI is InChI=1S/C15H22F3N3O2/c1-11-9-21(10-12(2)22-11)7-3-6-19-14-5-4-13(8-20-14)23-15(16,17)18/h4-5,8,11-12H,3,6-7,9-10H2,1-2H3,(H,19,20). The molecule has 23 heavy (non-hydrogen) atoms. The van der Waals surface area contributed by atoms with Crippen molar-refractivity contribution in [2.24, 2.45) is 0 Å². The molecule has 0 aliphatic carbocycles. The van der Waals surface area contributed by atoms with Gasteiger partial charge in [0.1, 0.15) is 11.6 Å². The maximum atomic E-state index is 12.0. The number of rotatable bonds is 6. The van der Waals surface area contributed by atoms with Crippen LogP contribution in [0.2, 0.25) is 0 Å². The van der Waals surface area contributed by atoms with Gasteiger partial charge >= 0.3 is 6.36 Å². The van der Waals surface area contributed by atoms with E-state index in [9.17, 15) is 13.2 Å². The number of aromatic nitrogens is 1. The second kappa shape index (κ2) is 7.83. The Balaban J connectivity index is 1.68. The van der Waals surface area contributed by atoms with Crippen molar-refractivity contribution < 1.29 is 22.6 Å². The number of alkyl halides is 3. The third-order valence-corrected chi connectivity index (χ3v) is 3.42. The Morgan fingerprint density at radius 2 is 2.00 bits per heavy atom. The number of hydrogen-bond acceptors (Lipinski definition) is 5. The minimum absolute atomic E-state index is 0.245. The van der Waals surface area contributed by atoms with E-state index in [1.54, 1.807) is 0 Å². The minimum atomic E-state index is -4.69. The van der Waals surface area contributed by atoms with E-state index in [-0.39, 0.29) is 18.0 Å². The summed E-state index contributed by atoms with van der Waals surface area (Å²) in [4.78, 5) is 6.26. The normalized spacial score (nSPS) is 22.8. The molecule has 1 N–H and O–H groups in total. The fourth-order valence-corrected chi connectivity index (χ4v) is 2.66. The summed E-state index contributed by atoms with van der Waals surface area (Å²) < 4.78 is 45.6. The van der Waals surface area contributed by atoms with E-state index in [0.717, 1.165) is 32.3 Å². The Morgan fingerprint density at radius 3 is 2.57 bits per heavy atom. The van der Waals surface area contributed by atoms with Crippen LogP contribution < -0.4 is 10.1 Å². The molecule has 0 aromatic carbocycles. The molecule has 0 radical (unpaired) electrons. The van der Waals surface area contributed by atoms with Gasteiger partial charge in [0, 0.05) is 26.2 Å². The molecule has 130 valence electrons. The molecular formula is C15H22F3N3O2. The van der Waals surface area contributed by atoms with Crippen LogP contribution in [-0.2, 0) is 4.74 Å². The number of morpholine rings is 1. The Labute approximate surface area is 133 Å². The Bertz CT molecular complexity index is 472. The van der Waals surface area contributed by atoms with Crippen molar-refractivity contribution in [2.75, 3.05) is 31.5 Å². The Hall–Kier alpha value is -1.54. The number of pyridine rings is 1. The zero-order valence-electron chi connectivity index (χ0n) is 13.3. The lowest BCUT2D eigenvalue weighted by Crippen LogP contribution is -2.45. The second-order valence-corrected chi connectivity index (χ2v) is 5.72. The maximum absolute atomic E-state index is 12.0. The molecule has 1 saturated heterocycles. The van der Waals surface area contributed by atoms with Crippen LogP contribution in [-0.4, -0.2) is 54.6 Å². The van der Waals surface area contributed by atoms with E-state index in [0.29, 0.717) is 12.4 Å². The van der Waals surface area contributed by atoms with Gasteiger partial charge in [-0.2, -0.15) is 0 Å². The average molecular weight is 333 g/mol. The molecule has 1 aliphatic heterocycles. The van der Waals surface area contributed by atoms with Gasteiger partial charge in [-0.3, -0.25) is 4.90 Å². The molecule has 0 bridgehead atoms. The zero-order valence-corrected chi connectivity index (χ0v) is 13.3. The average Bonchev–Trinajstić information content (AvgIpc) is 2.43. The summed E-state index contributed by atoms with van der Waals surface area (Å²) in [5.74, 6) is 0.211. The molecule has 2 heterocycles. The molecule has 2 rings (SSSR count). The largest absolute Gasteiger partial charge is 0.573 e. The summed E-state index contributed by atoms with van der Waals surface area (Å²) in [5, 5.41) is 3.09. The summed E-state index contributed by atoms with van der Waals surface area (Å²) in [7, 11) is 0. The zero-order chi connectivity index (χ0) is 16.9. The third kappa shape index (κ3) is 6.62. The first-order valence-electron chi connectivity index (χ1n) is 7.65. The predicted octanol–water partition coefficient (Wildman–Crippen LogP) is 2.89. The molecule has 0 spiro atoms. The minimum Gasteiger partial charge on any atom is -0.404 e. The van der Waals surface area contributed by atoms with Gasteiger partial charge in [0.15, 0.2) is 0 Å². The summed E-state index contributed by atoms with van der Waals surface area (Å²) in [6.07, 6.45) is -2.23. The number of anilines is 1. The van der Waals surface area contributed by atoms with E-state index >= 15 is 0 Å².